The summed E-state index contributed by atoms with van der Waals surface area (Å²) in [6.45, 7) is 1.94. The molecular weight excluding hydrogens is 176 g/mol. The number of carboxylic acids is 1. The first-order valence-corrected chi connectivity index (χ1v) is 4.70. The van der Waals surface area contributed by atoms with E-state index in [-0.39, 0.29) is 0 Å². The highest BCUT2D eigenvalue weighted by Gasteiger charge is 2.06. The van der Waals surface area contributed by atoms with E-state index in [9.17, 15) is 4.79 Å². The van der Waals surface area contributed by atoms with Crippen molar-refractivity contribution in [3.05, 3.63) is 47.5 Å². The van der Waals surface area contributed by atoms with E-state index in [1.54, 1.807) is 6.08 Å². The van der Waals surface area contributed by atoms with E-state index < -0.39 is 5.97 Å². The highest BCUT2D eigenvalue weighted by molar-refractivity contribution is 5.87. The van der Waals surface area contributed by atoms with Gasteiger partial charge in [0.1, 0.15) is 0 Å². The Bertz CT molecular complexity index is 325. The summed E-state index contributed by atoms with van der Waals surface area (Å²) in [5, 5.41) is 8.90. The fourth-order valence-electron chi connectivity index (χ4n) is 1.30. The number of hydrogen-bond acceptors (Lipinski definition) is 1. The Hall–Kier alpha value is -1.57. The van der Waals surface area contributed by atoms with Gasteiger partial charge >= 0.3 is 5.97 Å². The number of aliphatic carboxylic acids is 1. The Labute approximate surface area is 83.9 Å². The fourth-order valence-corrected chi connectivity index (χ4v) is 1.30. The minimum absolute atomic E-state index is 0.471. The Kier molecular flexibility index (Phi) is 3.92. The monoisotopic (exact) mass is 190 g/mol. The molecule has 1 rings (SSSR count). The van der Waals surface area contributed by atoms with E-state index in [1.807, 2.05) is 37.3 Å². The lowest BCUT2D eigenvalue weighted by atomic mass is 10.0. The first kappa shape index (κ1) is 10.5. The quantitative estimate of drug-likeness (QED) is 0.741. The second-order valence-electron chi connectivity index (χ2n) is 3.11. The highest BCUT2D eigenvalue weighted by atomic mass is 16.4. The molecule has 1 aromatic rings. The van der Waals surface area contributed by atoms with Crippen LogP contribution in [0.25, 0.3) is 0 Å². The first-order valence-electron chi connectivity index (χ1n) is 4.70. The molecule has 0 aliphatic rings. The standard InChI is InChI=1S/C12H14O2/c1-2-6-11(12(13)14)9-10-7-4-3-5-8-10/h3-8H,2,9H2,1H3,(H,13,14). The minimum atomic E-state index is -0.823. The third-order valence-electron chi connectivity index (χ3n) is 1.96. The molecule has 2 nitrogen and oxygen atoms in total. The summed E-state index contributed by atoms with van der Waals surface area (Å²) >= 11 is 0. The molecule has 0 aliphatic carbocycles. The van der Waals surface area contributed by atoms with Crippen molar-refractivity contribution in [2.75, 3.05) is 0 Å². The van der Waals surface area contributed by atoms with Gasteiger partial charge in [-0.05, 0) is 12.0 Å². The van der Waals surface area contributed by atoms with E-state index in [2.05, 4.69) is 0 Å². The maximum Gasteiger partial charge on any atom is 0.331 e. The molecule has 74 valence electrons. The Balaban J connectivity index is 2.76. The molecule has 0 saturated carbocycles. The molecular formula is C12H14O2. The van der Waals surface area contributed by atoms with Crippen molar-refractivity contribution in [2.45, 2.75) is 19.8 Å². The van der Waals surface area contributed by atoms with Gasteiger partial charge in [0.2, 0.25) is 0 Å². The lowest BCUT2D eigenvalue weighted by Gasteiger charge is -2.01. The molecule has 0 radical (unpaired) electrons. The summed E-state index contributed by atoms with van der Waals surface area (Å²) in [7, 11) is 0. The summed E-state index contributed by atoms with van der Waals surface area (Å²) in [4.78, 5) is 10.8. The number of rotatable bonds is 4. The second-order valence-corrected chi connectivity index (χ2v) is 3.11. The van der Waals surface area contributed by atoms with E-state index >= 15 is 0 Å². The maximum atomic E-state index is 10.8. The molecule has 0 heterocycles. The second kappa shape index (κ2) is 5.22. The molecule has 0 atom stereocenters. The number of carbonyl (C=O) groups is 1. The van der Waals surface area contributed by atoms with Gasteiger partial charge in [0, 0.05) is 12.0 Å². The lowest BCUT2D eigenvalue weighted by molar-refractivity contribution is -0.132. The van der Waals surface area contributed by atoms with Crippen LogP contribution in [-0.4, -0.2) is 11.1 Å². The smallest absolute Gasteiger partial charge is 0.331 e. The third-order valence-corrected chi connectivity index (χ3v) is 1.96. The first-order chi connectivity index (χ1) is 6.74. The molecule has 0 amide bonds. The van der Waals surface area contributed by atoms with Crippen LogP contribution >= 0.6 is 0 Å². The van der Waals surface area contributed by atoms with Crippen LogP contribution in [0, 0.1) is 0 Å². The molecule has 0 aromatic heterocycles. The number of allylic oxidation sites excluding steroid dienone is 1. The molecule has 0 aliphatic heterocycles. The van der Waals surface area contributed by atoms with Crippen molar-refractivity contribution in [1.82, 2.24) is 0 Å². The zero-order valence-corrected chi connectivity index (χ0v) is 8.23. The van der Waals surface area contributed by atoms with Gasteiger partial charge in [-0.3, -0.25) is 0 Å². The number of hydrogen-bond donors (Lipinski definition) is 1. The van der Waals surface area contributed by atoms with Crippen LogP contribution in [-0.2, 0) is 11.2 Å². The van der Waals surface area contributed by atoms with Crippen molar-refractivity contribution < 1.29 is 9.90 Å². The summed E-state index contributed by atoms with van der Waals surface area (Å²) < 4.78 is 0. The minimum Gasteiger partial charge on any atom is -0.478 e. The molecule has 0 fully saturated rings. The lowest BCUT2D eigenvalue weighted by Crippen LogP contribution is -2.03. The summed E-state index contributed by atoms with van der Waals surface area (Å²) in [5.74, 6) is -0.823. The predicted molar refractivity (Wildman–Crippen MR) is 56.2 cm³/mol. The average Bonchev–Trinajstić information content (AvgIpc) is 2.18. The van der Waals surface area contributed by atoms with Gasteiger partial charge in [-0.2, -0.15) is 0 Å². The number of carboxylic acid groups (broad SMARTS) is 1. The van der Waals surface area contributed by atoms with Crippen molar-refractivity contribution in [3.8, 4) is 0 Å². The van der Waals surface area contributed by atoms with Crippen LogP contribution in [0.2, 0.25) is 0 Å². The van der Waals surface area contributed by atoms with Crippen molar-refractivity contribution in [3.63, 3.8) is 0 Å². The van der Waals surface area contributed by atoms with E-state index in [4.69, 9.17) is 5.11 Å². The molecule has 1 aromatic carbocycles. The van der Waals surface area contributed by atoms with Gasteiger partial charge in [-0.1, -0.05) is 43.3 Å². The van der Waals surface area contributed by atoms with Crippen LogP contribution in [0.1, 0.15) is 18.9 Å². The van der Waals surface area contributed by atoms with Crippen LogP contribution in [0.5, 0.6) is 0 Å². The van der Waals surface area contributed by atoms with Gasteiger partial charge in [0.15, 0.2) is 0 Å². The molecule has 0 bridgehead atoms. The molecule has 0 spiro atoms. The van der Waals surface area contributed by atoms with Gasteiger partial charge in [0.05, 0.1) is 0 Å². The fraction of sp³-hybridized carbons (Fsp3) is 0.250. The van der Waals surface area contributed by atoms with E-state index in [0.29, 0.717) is 12.0 Å². The highest BCUT2D eigenvalue weighted by Crippen LogP contribution is 2.08. The van der Waals surface area contributed by atoms with E-state index in [0.717, 1.165) is 12.0 Å². The topological polar surface area (TPSA) is 37.3 Å². The van der Waals surface area contributed by atoms with Crippen LogP contribution in [0.3, 0.4) is 0 Å². The van der Waals surface area contributed by atoms with Gasteiger partial charge < -0.3 is 5.11 Å². The maximum absolute atomic E-state index is 10.8. The SMILES string of the molecule is CCC=C(Cc1ccccc1)C(=O)O. The molecule has 0 unspecified atom stereocenters. The Morgan fingerprint density at radius 1 is 1.36 bits per heavy atom. The number of benzene rings is 1. The third kappa shape index (κ3) is 3.05. The Morgan fingerprint density at radius 3 is 2.50 bits per heavy atom. The van der Waals surface area contributed by atoms with Crippen molar-refractivity contribution >= 4 is 5.97 Å². The van der Waals surface area contributed by atoms with Crippen LogP contribution in [0.4, 0.5) is 0 Å². The summed E-state index contributed by atoms with van der Waals surface area (Å²) in [6, 6.07) is 9.63. The molecule has 0 saturated heterocycles. The zero-order chi connectivity index (χ0) is 10.4. The largest absolute Gasteiger partial charge is 0.478 e. The van der Waals surface area contributed by atoms with Crippen molar-refractivity contribution in [2.24, 2.45) is 0 Å². The van der Waals surface area contributed by atoms with E-state index in [1.165, 1.54) is 0 Å². The molecule has 14 heavy (non-hydrogen) atoms. The predicted octanol–water partition coefficient (Wildman–Crippen LogP) is 2.65. The Morgan fingerprint density at radius 2 is 2.00 bits per heavy atom. The molecule has 2 heteroatoms. The van der Waals surface area contributed by atoms with Gasteiger partial charge in [0.25, 0.3) is 0 Å². The van der Waals surface area contributed by atoms with Crippen LogP contribution in [0.15, 0.2) is 42.0 Å². The summed E-state index contributed by atoms with van der Waals surface area (Å²) in [5.41, 5.74) is 1.51. The average molecular weight is 190 g/mol. The zero-order valence-electron chi connectivity index (χ0n) is 8.23. The summed E-state index contributed by atoms with van der Waals surface area (Å²) in [6.07, 6.45) is 3.02. The normalized spacial score (nSPS) is 11.4. The van der Waals surface area contributed by atoms with Gasteiger partial charge in [-0.15, -0.1) is 0 Å². The molecule has 1 N–H and O–H groups in total. The van der Waals surface area contributed by atoms with Crippen LogP contribution < -0.4 is 0 Å². The van der Waals surface area contributed by atoms with Crippen molar-refractivity contribution in [1.29, 1.82) is 0 Å². The van der Waals surface area contributed by atoms with Gasteiger partial charge in [-0.25, -0.2) is 4.79 Å².